The first-order valence-electron chi connectivity index (χ1n) is 3.08. The minimum atomic E-state index is -0.185. The predicted octanol–water partition coefficient (Wildman–Crippen LogP) is 1.50. The van der Waals surface area contributed by atoms with Crippen molar-refractivity contribution in [2.45, 2.75) is 0 Å². The Morgan fingerprint density at radius 2 is 2.09 bits per heavy atom. The number of phenolic OH excluding ortho intramolecular Hbond substituents is 1. The molecule has 0 unspecified atom stereocenters. The lowest BCUT2D eigenvalue weighted by Crippen LogP contribution is -1.89. The largest absolute Gasteiger partial charge is 0.508 e. The minimum absolute atomic E-state index is 0.125. The summed E-state index contributed by atoms with van der Waals surface area (Å²) in [7, 11) is 0. The third-order valence-corrected chi connectivity index (χ3v) is 1.38. The van der Waals surface area contributed by atoms with Crippen LogP contribution in [0.25, 0.3) is 5.76 Å². The van der Waals surface area contributed by atoms with Gasteiger partial charge in [-0.2, -0.15) is 0 Å². The van der Waals surface area contributed by atoms with Crippen LogP contribution in [-0.2, 0) is 0 Å². The summed E-state index contributed by atoms with van der Waals surface area (Å²) in [5.74, 6) is -0.310. The quantitative estimate of drug-likeness (QED) is 0.323. The Balaban J connectivity index is 3.27. The van der Waals surface area contributed by atoms with Crippen molar-refractivity contribution in [2.75, 3.05) is 5.73 Å². The van der Waals surface area contributed by atoms with E-state index in [4.69, 9.17) is 10.8 Å². The molecule has 11 heavy (non-hydrogen) atoms. The minimum Gasteiger partial charge on any atom is -0.508 e. The molecule has 3 heteroatoms. The topological polar surface area (TPSA) is 66.5 Å². The summed E-state index contributed by atoms with van der Waals surface area (Å²) in [5.41, 5.74) is 5.86. The van der Waals surface area contributed by atoms with Crippen molar-refractivity contribution in [2.24, 2.45) is 0 Å². The van der Waals surface area contributed by atoms with Gasteiger partial charge in [0.15, 0.2) is 0 Å². The lowest BCUT2D eigenvalue weighted by Gasteiger charge is -2.03. The summed E-state index contributed by atoms with van der Waals surface area (Å²) in [6.07, 6.45) is 0. The molecule has 0 aliphatic carbocycles. The second kappa shape index (κ2) is 2.54. The summed E-state index contributed by atoms with van der Waals surface area (Å²) >= 11 is 0. The maximum atomic E-state index is 9.22. The van der Waals surface area contributed by atoms with E-state index in [1.807, 2.05) is 0 Å². The molecular formula is C8H9NO2. The average molecular weight is 151 g/mol. The van der Waals surface area contributed by atoms with Gasteiger partial charge in [-0.25, -0.2) is 0 Å². The molecule has 0 bridgehead atoms. The van der Waals surface area contributed by atoms with Crippen LogP contribution in [-0.4, -0.2) is 10.2 Å². The molecule has 0 heterocycles. The Kier molecular flexibility index (Phi) is 1.72. The van der Waals surface area contributed by atoms with Crippen LogP contribution in [0.5, 0.6) is 5.75 Å². The smallest absolute Gasteiger partial charge is 0.149 e. The molecule has 1 aromatic carbocycles. The van der Waals surface area contributed by atoms with E-state index in [0.29, 0.717) is 0 Å². The maximum Gasteiger partial charge on any atom is 0.149 e. The van der Waals surface area contributed by atoms with Crippen LogP contribution in [0.2, 0.25) is 0 Å². The molecule has 1 aromatic rings. The molecule has 0 saturated heterocycles. The molecule has 0 aliphatic rings. The van der Waals surface area contributed by atoms with Gasteiger partial charge in [-0.1, -0.05) is 12.6 Å². The average Bonchev–Trinajstić information content (AvgIpc) is 1.94. The van der Waals surface area contributed by atoms with Crippen LogP contribution in [0.4, 0.5) is 5.69 Å². The number of hydrogen-bond acceptors (Lipinski definition) is 3. The number of anilines is 1. The Labute approximate surface area is 64.4 Å². The van der Waals surface area contributed by atoms with Gasteiger partial charge in [0.2, 0.25) is 0 Å². The molecule has 0 saturated carbocycles. The zero-order chi connectivity index (χ0) is 8.43. The van der Waals surface area contributed by atoms with Gasteiger partial charge in [0.25, 0.3) is 0 Å². The van der Waals surface area contributed by atoms with Crippen LogP contribution in [0.3, 0.4) is 0 Å². The van der Waals surface area contributed by atoms with Gasteiger partial charge < -0.3 is 15.9 Å². The monoisotopic (exact) mass is 151 g/mol. The van der Waals surface area contributed by atoms with Crippen molar-refractivity contribution in [1.29, 1.82) is 0 Å². The second-order valence-electron chi connectivity index (χ2n) is 2.19. The molecule has 0 fully saturated rings. The van der Waals surface area contributed by atoms with Crippen molar-refractivity contribution < 1.29 is 10.2 Å². The highest BCUT2D eigenvalue weighted by molar-refractivity contribution is 5.69. The van der Waals surface area contributed by atoms with E-state index in [1.54, 1.807) is 12.1 Å². The van der Waals surface area contributed by atoms with Gasteiger partial charge in [-0.05, 0) is 12.1 Å². The van der Waals surface area contributed by atoms with Crippen LogP contribution in [0.1, 0.15) is 5.56 Å². The van der Waals surface area contributed by atoms with E-state index in [-0.39, 0.29) is 22.8 Å². The lowest BCUT2D eigenvalue weighted by atomic mass is 10.1. The first-order chi connectivity index (χ1) is 5.13. The van der Waals surface area contributed by atoms with Crippen LogP contribution >= 0.6 is 0 Å². The summed E-state index contributed by atoms with van der Waals surface area (Å²) in [6.45, 7) is 3.27. The number of aliphatic hydroxyl groups excluding tert-OH is 1. The molecule has 1 rings (SSSR count). The Hall–Kier alpha value is -1.64. The normalized spacial score (nSPS) is 9.45. The third-order valence-electron chi connectivity index (χ3n) is 1.38. The first-order valence-corrected chi connectivity index (χ1v) is 3.08. The fraction of sp³-hybridized carbons (Fsp3) is 0. The second-order valence-corrected chi connectivity index (χ2v) is 2.19. The van der Waals surface area contributed by atoms with E-state index in [1.165, 1.54) is 6.07 Å². The molecule has 0 aliphatic heterocycles. The molecular weight excluding hydrogens is 142 g/mol. The third kappa shape index (κ3) is 1.26. The molecule has 0 aromatic heterocycles. The Morgan fingerprint density at radius 3 is 2.55 bits per heavy atom. The standard InChI is InChI=1S/C8H9NO2/c1-5(10)6-3-2-4-7(9)8(6)11/h2-4,10-11H,1,9H2. The van der Waals surface area contributed by atoms with Gasteiger partial charge in [0, 0.05) is 0 Å². The highest BCUT2D eigenvalue weighted by Crippen LogP contribution is 2.27. The number of nitrogen functional groups attached to an aromatic ring is 1. The Morgan fingerprint density at radius 1 is 1.45 bits per heavy atom. The summed E-state index contributed by atoms with van der Waals surface area (Å²) in [6, 6.07) is 4.71. The van der Waals surface area contributed by atoms with E-state index >= 15 is 0 Å². The number of benzene rings is 1. The summed E-state index contributed by atoms with van der Waals surface area (Å²) in [5, 5.41) is 18.1. The van der Waals surface area contributed by atoms with Crippen molar-refractivity contribution in [1.82, 2.24) is 0 Å². The van der Waals surface area contributed by atoms with E-state index in [0.717, 1.165) is 0 Å². The predicted molar refractivity (Wildman–Crippen MR) is 44.2 cm³/mol. The van der Waals surface area contributed by atoms with E-state index in [9.17, 15) is 5.11 Å². The number of aromatic hydroxyl groups is 1. The van der Waals surface area contributed by atoms with Crippen molar-refractivity contribution in [3.63, 3.8) is 0 Å². The molecule has 4 N–H and O–H groups in total. The Bertz CT molecular complexity index is 294. The van der Waals surface area contributed by atoms with Crippen LogP contribution in [0, 0.1) is 0 Å². The fourth-order valence-electron chi connectivity index (χ4n) is 0.794. The SMILES string of the molecule is C=C(O)c1cccc(N)c1O. The molecule has 58 valence electrons. The molecule has 0 atom stereocenters. The number of rotatable bonds is 1. The van der Waals surface area contributed by atoms with Gasteiger partial charge in [0.05, 0.1) is 11.3 Å². The molecule has 3 nitrogen and oxygen atoms in total. The number of para-hydroxylation sites is 1. The maximum absolute atomic E-state index is 9.22. The highest BCUT2D eigenvalue weighted by Gasteiger charge is 2.05. The fourth-order valence-corrected chi connectivity index (χ4v) is 0.794. The van der Waals surface area contributed by atoms with Gasteiger partial charge >= 0.3 is 0 Å². The van der Waals surface area contributed by atoms with Gasteiger partial charge in [-0.15, -0.1) is 0 Å². The van der Waals surface area contributed by atoms with Gasteiger partial charge in [-0.3, -0.25) is 0 Å². The summed E-state index contributed by atoms with van der Waals surface area (Å²) < 4.78 is 0. The number of hydrogen-bond donors (Lipinski definition) is 3. The van der Waals surface area contributed by atoms with Crippen LogP contribution < -0.4 is 5.73 Å². The molecule has 0 radical (unpaired) electrons. The van der Waals surface area contributed by atoms with E-state index in [2.05, 4.69) is 6.58 Å². The molecule has 0 amide bonds. The molecule has 0 spiro atoms. The highest BCUT2D eigenvalue weighted by atomic mass is 16.3. The first kappa shape index (κ1) is 7.47. The number of nitrogens with two attached hydrogens (primary N) is 1. The summed E-state index contributed by atoms with van der Waals surface area (Å²) in [4.78, 5) is 0. The van der Waals surface area contributed by atoms with Crippen molar-refractivity contribution in [3.8, 4) is 5.75 Å². The zero-order valence-corrected chi connectivity index (χ0v) is 5.91. The van der Waals surface area contributed by atoms with Crippen molar-refractivity contribution >= 4 is 11.4 Å². The lowest BCUT2D eigenvalue weighted by molar-refractivity contribution is 0.463. The van der Waals surface area contributed by atoms with Crippen molar-refractivity contribution in [3.05, 3.63) is 30.3 Å². The zero-order valence-electron chi connectivity index (χ0n) is 5.91. The number of aliphatic hydroxyl groups is 1. The van der Waals surface area contributed by atoms with Crippen LogP contribution in [0.15, 0.2) is 24.8 Å². The number of phenols is 1. The van der Waals surface area contributed by atoms with Gasteiger partial charge in [0.1, 0.15) is 11.5 Å². The van der Waals surface area contributed by atoms with E-state index < -0.39 is 0 Å².